The summed E-state index contributed by atoms with van der Waals surface area (Å²) >= 11 is 5.98. The Labute approximate surface area is 86.5 Å². The Hall–Kier alpha value is -1.53. The highest BCUT2D eigenvalue weighted by atomic mass is 35.5. The molecule has 1 aromatic rings. The van der Waals surface area contributed by atoms with Gasteiger partial charge in [0.25, 0.3) is 0 Å². The van der Waals surface area contributed by atoms with Gasteiger partial charge in [-0.1, -0.05) is 35.0 Å². The summed E-state index contributed by atoms with van der Waals surface area (Å²) in [5.41, 5.74) is 1.58. The van der Waals surface area contributed by atoms with E-state index in [1.165, 1.54) is 0 Å². The summed E-state index contributed by atoms with van der Waals surface area (Å²) in [5.74, 6) is 0. The molecule has 0 saturated heterocycles. The fraction of sp³-hybridized carbons (Fsp3) is 0.200. The molecule has 4 heteroatoms. The van der Waals surface area contributed by atoms with Gasteiger partial charge >= 0.3 is 0 Å². The first kappa shape index (κ1) is 9.04. The van der Waals surface area contributed by atoms with Crippen molar-refractivity contribution in [2.45, 2.75) is 12.5 Å². The average Bonchev–Trinajstić information content (AvgIpc) is 2.67. The molecule has 0 bridgehead atoms. The Morgan fingerprint density at radius 2 is 2.29 bits per heavy atom. The van der Waals surface area contributed by atoms with Crippen LogP contribution in [0.15, 0.2) is 29.4 Å². The predicted molar refractivity (Wildman–Crippen MR) is 53.1 cm³/mol. The molecule has 0 N–H and O–H groups in total. The SMILES string of the molecule is N#C[C@H]1CC(c2ccccc2Cl)=NO1. The second kappa shape index (κ2) is 3.69. The lowest BCUT2D eigenvalue weighted by atomic mass is 10.1. The third-order valence-electron chi connectivity index (χ3n) is 2.00. The lowest BCUT2D eigenvalue weighted by Gasteiger charge is -2.00. The van der Waals surface area contributed by atoms with E-state index in [0.29, 0.717) is 11.4 Å². The largest absolute Gasteiger partial charge is 0.376 e. The van der Waals surface area contributed by atoms with Gasteiger partial charge in [-0.15, -0.1) is 0 Å². The Morgan fingerprint density at radius 1 is 1.50 bits per heavy atom. The van der Waals surface area contributed by atoms with Crippen molar-refractivity contribution >= 4 is 17.3 Å². The Balaban J connectivity index is 2.27. The highest BCUT2D eigenvalue weighted by Crippen LogP contribution is 2.22. The lowest BCUT2D eigenvalue weighted by molar-refractivity contribution is 0.125. The predicted octanol–water partition coefficient (Wildman–Crippen LogP) is 2.36. The van der Waals surface area contributed by atoms with Gasteiger partial charge in [-0.25, -0.2) is 0 Å². The van der Waals surface area contributed by atoms with Crippen LogP contribution in [0.3, 0.4) is 0 Å². The summed E-state index contributed by atoms with van der Waals surface area (Å²) in [6.07, 6.45) is 0.0292. The maximum atomic E-state index is 8.62. The minimum atomic E-state index is -0.471. The number of rotatable bonds is 1. The molecule has 0 aromatic heterocycles. The molecule has 3 nitrogen and oxygen atoms in total. The summed E-state index contributed by atoms with van der Waals surface area (Å²) in [6.45, 7) is 0. The number of nitriles is 1. The fourth-order valence-corrected chi connectivity index (χ4v) is 1.55. The van der Waals surface area contributed by atoms with E-state index in [2.05, 4.69) is 5.16 Å². The van der Waals surface area contributed by atoms with E-state index < -0.39 is 6.10 Å². The molecule has 0 fully saturated rings. The van der Waals surface area contributed by atoms with Crippen molar-refractivity contribution in [2.24, 2.45) is 5.16 Å². The van der Waals surface area contributed by atoms with Gasteiger partial charge in [-0.05, 0) is 6.07 Å². The van der Waals surface area contributed by atoms with Crippen LogP contribution in [0.5, 0.6) is 0 Å². The van der Waals surface area contributed by atoms with Crippen LogP contribution in [0.1, 0.15) is 12.0 Å². The molecule has 1 aliphatic heterocycles. The molecule has 1 heterocycles. The number of nitrogens with zero attached hydrogens (tertiary/aromatic N) is 2. The zero-order valence-corrected chi connectivity index (χ0v) is 8.03. The molecule has 1 atom stereocenters. The van der Waals surface area contributed by atoms with Crippen LogP contribution in [-0.4, -0.2) is 11.8 Å². The average molecular weight is 207 g/mol. The molecule has 0 radical (unpaired) electrons. The maximum absolute atomic E-state index is 8.62. The van der Waals surface area contributed by atoms with Gasteiger partial charge < -0.3 is 4.84 Å². The summed E-state index contributed by atoms with van der Waals surface area (Å²) in [7, 11) is 0. The van der Waals surface area contributed by atoms with Crippen LogP contribution in [-0.2, 0) is 4.84 Å². The highest BCUT2D eigenvalue weighted by Gasteiger charge is 2.22. The third-order valence-corrected chi connectivity index (χ3v) is 2.33. The minimum absolute atomic E-state index is 0.471. The molecule has 0 amide bonds. The van der Waals surface area contributed by atoms with Crippen molar-refractivity contribution in [3.63, 3.8) is 0 Å². The van der Waals surface area contributed by atoms with Crippen LogP contribution in [0.2, 0.25) is 5.02 Å². The summed E-state index contributed by atoms with van der Waals surface area (Å²) in [5, 5.41) is 13.1. The van der Waals surface area contributed by atoms with Gasteiger partial charge in [0, 0.05) is 17.0 Å². The Morgan fingerprint density at radius 3 is 2.93 bits per heavy atom. The zero-order chi connectivity index (χ0) is 9.97. The molecular weight excluding hydrogens is 200 g/mol. The van der Waals surface area contributed by atoms with Crippen molar-refractivity contribution in [3.05, 3.63) is 34.9 Å². The van der Waals surface area contributed by atoms with Crippen LogP contribution >= 0.6 is 11.6 Å². The van der Waals surface area contributed by atoms with Gasteiger partial charge in [-0.3, -0.25) is 0 Å². The molecule has 0 aliphatic carbocycles. The number of benzene rings is 1. The van der Waals surface area contributed by atoms with Crippen LogP contribution < -0.4 is 0 Å². The summed E-state index contributed by atoms with van der Waals surface area (Å²) in [4.78, 5) is 4.89. The molecule has 14 heavy (non-hydrogen) atoms. The van der Waals surface area contributed by atoms with Gasteiger partial charge in [0.05, 0.1) is 5.71 Å². The number of halogens is 1. The molecular formula is C10H7ClN2O. The van der Waals surface area contributed by atoms with E-state index in [0.717, 1.165) is 11.3 Å². The molecule has 0 spiro atoms. The van der Waals surface area contributed by atoms with E-state index in [9.17, 15) is 0 Å². The molecule has 0 unspecified atom stereocenters. The van der Waals surface area contributed by atoms with E-state index in [4.69, 9.17) is 21.7 Å². The summed E-state index contributed by atoms with van der Waals surface area (Å²) in [6, 6.07) is 9.39. The zero-order valence-electron chi connectivity index (χ0n) is 7.27. The first-order chi connectivity index (χ1) is 6.81. The monoisotopic (exact) mass is 206 g/mol. The molecule has 70 valence electrons. The lowest BCUT2D eigenvalue weighted by Crippen LogP contribution is -2.05. The maximum Gasteiger partial charge on any atom is 0.218 e. The first-order valence-electron chi connectivity index (χ1n) is 4.18. The quantitative estimate of drug-likeness (QED) is 0.708. The fourth-order valence-electron chi connectivity index (χ4n) is 1.30. The van der Waals surface area contributed by atoms with Crippen molar-refractivity contribution in [2.75, 3.05) is 0 Å². The van der Waals surface area contributed by atoms with E-state index in [1.54, 1.807) is 6.07 Å². The second-order valence-corrected chi connectivity index (χ2v) is 3.35. The van der Waals surface area contributed by atoms with Gasteiger partial charge in [0.1, 0.15) is 6.07 Å². The first-order valence-corrected chi connectivity index (χ1v) is 4.56. The van der Waals surface area contributed by atoms with Gasteiger partial charge in [-0.2, -0.15) is 5.26 Å². The number of oxime groups is 1. The van der Waals surface area contributed by atoms with Crippen molar-refractivity contribution in [1.82, 2.24) is 0 Å². The van der Waals surface area contributed by atoms with Crippen LogP contribution in [0, 0.1) is 11.3 Å². The van der Waals surface area contributed by atoms with Gasteiger partial charge in [0.15, 0.2) is 0 Å². The second-order valence-electron chi connectivity index (χ2n) is 2.95. The van der Waals surface area contributed by atoms with Crippen LogP contribution in [0.4, 0.5) is 0 Å². The molecule has 1 aliphatic rings. The van der Waals surface area contributed by atoms with E-state index in [-0.39, 0.29) is 0 Å². The minimum Gasteiger partial charge on any atom is -0.376 e. The standard InChI is InChI=1S/C10H7ClN2O/c11-9-4-2-1-3-8(9)10-5-7(6-12)14-13-10/h1-4,7H,5H2/t7-/m1/s1. The summed E-state index contributed by atoms with van der Waals surface area (Å²) < 4.78 is 0. The number of hydrogen-bond donors (Lipinski definition) is 0. The van der Waals surface area contributed by atoms with E-state index >= 15 is 0 Å². The van der Waals surface area contributed by atoms with Crippen molar-refractivity contribution < 1.29 is 4.84 Å². The van der Waals surface area contributed by atoms with E-state index in [1.807, 2.05) is 24.3 Å². The normalized spacial score (nSPS) is 19.7. The topological polar surface area (TPSA) is 45.4 Å². The van der Waals surface area contributed by atoms with Crippen molar-refractivity contribution in [3.8, 4) is 6.07 Å². The Bertz CT molecular complexity index is 422. The van der Waals surface area contributed by atoms with Crippen molar-refractivity contribution in [1.29, 1.82) is 5.26 Å². The molecule has 2 rings (SSSR count). The number of hydrogen-bond acceptors (Lipinski definition) is 3. The molecule has 1 aromatic carbocycles. The van der Waals surface area contributed by atoms with Gasteiger partial charge in [0.2, 0.25) is 6.10 Å². The van der Waals surface area contributed by atoms with Crippen LogP contribution in [0.25, 0.3) is 0 Å². The molecule has 0 saturated carbocycles. The smallest absolute Gasteiger partial charge is 0.218 e. The third kappa shape index (κ3) is 1.57. The Kier molecular flexibility index (Phi) is 2.38. The highest BCUT2D eigenvalue weighted by molar-refractivity contribution is 6.34.